The number of rotatable bonds is 17. The second-order valence-electron chi connectivity index (χ2n) is 8.62. The Bertz CT molecular complexity index is 1000. The van der Waals surface area contributed by atoms with Crippen LogP contribution in [0.25, 0.3) is 0 Å². The highest BCUT2D eigenvalue weighted by Crippen LogP contribution is 2.11. The summed E-state index contributed by atoms with van der Waals surface area (Å²) in [7, 11) is 0. The summed E-state index contributed by atoms with van der Waals surface area (Å²) in [6, 6.07) is 0.506. The molecule has 0 bridgehead atoms. The molecule has 4 atom stereocenters. The van der Waals surface area contributed by atoms with Crippen molar-refractivity contribution < 1.29 is 39.0 Å². The van der Waals surface area contributed by atoms with Crippen molar-refractivity contribution >= 4 is 35.5 Å². The van der Waals surface area contributed by atoms with Gasteiger partial charge in [-0.2, -0.15) is 0 Å². The van der Waals surface area contributed by atoms with Gasteiger partial charge in [0.2, 0.25) is 29.5 Å². The van der Waals surface area contributed by atoms with Crippen LogP contribution in [0.3, 0.4) is 0 Å². The minimum Gasteiger partial charge on any atom is -0.508 e. The first-order chi connectivity index (χ1) is 17.8. The lowest BCUT2D eigenvalue weighted by Crippen LogP contribution is -2.58. The molecule has 0 saturated heterocycles. The smallest absolute Gasteiger partial charge is 0.326 e. The maximum Gasteiger partial charge on any atom is 0.326 e. The monoisotopic (exact) mass is 537 g/mol. The number of benzene rings is 1. The number of amides is 5. The van der Waals surface area contributed by atoms with Crippen LogP contribution in [-0.2, 0) is 35.2 Å². The van der Waals surface area contributed by atoms with Gasteiger partial charge in [0.05, 0.1) is 18.9 Å². The lowest BCUT2D eigenvalue weighted by molar-refractivity contribution is -0.144. The molecule has 210 valence electrons. The van der Waals surface area contributed by atoms with E-state index >= 15 is 0 Å². The molecule has 4 unspecified atom stereocenters. The maximum atomic E-state index is 13.0. The maximum absolute atomic E-state index is 13.0. The van der Waals surface area contributed by atoms with Crippen LogP contribution in [0.15, 0.2) is 24.3 Å². The second-order valence-corrected chi connectivity index (χ2v) is 8.62. The molecule has 15 heteroatoms. The van der Waals surface area contributed by atoms with Crippen molar-refractivity contribution in [2.75, 3.05) is 6.54 Å². The van der Waals surface area contributed by atoms with Gasteiger partial charge < -0.3 is 49.1 Å². The zero-order valence-electron chi connectivity index (χ0n) is 20.7. The fraction of sp³-hybridized carbons (Fsp3) is 0.478. The van der Waals surface area contributed by atoms with E-state index in [1.165, 1.54) is 12.1 Å². The molecular weight excluding hydrogens is 502 g/mol. The van der Waals surface area contributed by atoms with E-state index in [9.17, 15) is 39.0 Å². The zero-order valence-corrected chi connectivity index (χ0v) is 20.7. The molecule has 1 aromatic rings. The topological polar surface area (TPSA) is 283 Å². The number of unbranched alkanes of at least 4 members (excludes halogenated alkanes) is 1. The van der Waals surface area contributed by atoms with Gasteiger partial charge in [-0.05, 0) is 49.9 Å². The average Bonchev–Trinajstić information content (AvgIpc) is 2.83. The number of nitrogens with one attached hydrogen (secondary N) is 3. The predicted octanol–water partition coefficient (Wildman–Crippen LogP) is -3.32. The molecule has 1 aromatic carbocycles. The molecule has 13 N–H and O–H groups in total. The Morgan fingerprint density at radius 1 is 0.763 bits per heavy atom. The van der Waals surface area contributed by atoms with E-state index < -0.39 is 72.5 Å². The third-order valence-electron chi connectivity index (χ3n) is 5.37. The number of hydrogen-bond donors (Lipinski definition) is 9. The molecular formula is C23H35N7O8. The Morgan fingerprint density at radius 2 is 1.26 bits per heavy atom. The van der Waals surface area contributed by atoms with Crippen LogP contribution in [0.2, 0.25) is 0 Å². The van der Waals surface area contributed by atoms with Crippen LogP contribution in [0.1, 0.15) is 37.7 Å². The Kier molecular flexibility index (Phi) is 13.2. The van der Waals surface area contributed by atoms with Gasteiger partial charge in [0.1, 0.15) is 23.9 Å². The molecule has 0 heterocycles. The molecule has 0 aliphatic heterocycles. The molecule has 0 saturated carbocycles. The van der Waals surface area contributed by atoms with Crippen molar-refractivity contribution in [2.24, 2.45) is 22.9 Å². The van der Waals surface area contributed by atoms with Crippen molar-refractivity contribution in [2.45, 2.75) is 62.7 Å². The number of aliphatic carboxylic acids is 1. The summed E-state index contributed by atoms with van der Waals surface area (Å²) in [4.78, 5) is 72.4. The number of nitrogens with two attached hydrogens (primary N) is 4. The van der Waals surface area contributed by atoms with Crippen LogP contribution >= 0.6 is 0 Å². The van der Waals surface area contributed by atoms with E-state index in [-0.39, 0.29) is 18.6 Å². The number of aromatic hydroxyl groups is 1. The number of phenols is 1. The summed E-state index contributed by atoms with van der Waals surface area (Å²) in [6.45, 7) is 0.325. The second kappa shape index (κ2) is 15.8. The van der Waals surface area contributed by atoms with Gasteiger partial charge in [-0.15, -0.1) is 0 Å². The highest BCUT2D eigenvalue weighted by Gasteiger charge is 2.31. The molecule has 38 heavy (non-hydrogen) atoms. The minimum absolute atomic E-state index is 0.0438. The fourth-order valence-corrected chi connectivity index (χ4v) is 3.38. The number of phenolic OH excluding ortho intramolecular Hbond substituents is 1. The Morgan fingerprint density at radius 3 is 1.79 bits per heavy atom. The van der Waals surface area contributed by atoms with Gasteiger partial charge in [-0.1, -0.05) is 12.1 Å². The zero-order chi connectivity index (χ0) is 28.8. The van der Waals surface area contributed by atoms with Crippen molar-refractivity contribution in [3.63, 3.8) is 0 Å². The van der Waals surface area contributed by atoms with E-state index in [0.717, 1.165) is 0 Å². The summed E-state index contributed by atoms with van der Waals surface area (Å²) in [5.74, 6) is -6.11. The van der Waals surface area contributed by atoms with Crippen LogP contribution in [0.5, 0.6) is 5.75 Å². The van der Waals surface area contributed by atoms with Crippen LogP contribution in [0, 0.1) is 0 Å². The molecule has 5 amide bonds. The Balaban J connectivity index is 2.99. The van der Waals surface area contributed by atoms with Crippen molar-refractivity contribution in [3.05, 3.63) is 29.8 Å². The molecule has 0 spiro atoms. The van der Waals surface area contributed by atoms with Crippen LogP contribution in [0.4, 0.5) is 0 Å². The first kappa shape index (κ1) is 31.8. The van der Waals surface area contributed by atoms with E-state index in [2.05, 4.69) is 10.6 Å². The molecule has 15 nitrogen and oxygen atoms in total. The molecule has 0 aromatic heterocycles. The first-order valence-corrected chi connectivity index (χ1v) is 11.8. The van der Waals surface area contributed by atoms with Gasteiger partial charge in [0, 0.05) is 0 Å². The van der Waals surface area contributed by atoms with Gasteiger partial charge in [0.25, 0.3) is 0 Å². The van der Waals surface area contributed by atoms with Gasteiger partial charge >= 0.3 is 5.97 Å². The lowest BCUT2D eigenvalue weighted by atomic mass is 10.0. The highest BCUT2D eigenvalue weighted by atomic mass is 16.4. The Hall–Kier alpha value is -4.24. The third-order valence-corrected chi connectivity index (χ3v) is 5.37. The quantitative estimate of drug-likeness (QED) is 0.0891. The van der Waals surface area contributed by atoms with E-state index in [4.69, 9.17) is 22.9 Å². The third kappa shape index (κ3) is 11.7. The summed E-state index contributed by atoms with van der Waals surface area (Å²) < 4.78 is 0. The van der Waals surface area contributed by atoms with Gasteiger partial charge in [-0.3, -0.25) is 24.0 Å². The number of hydrogen-bond acceptors (Lipinski definition) is 9. The largest absolute Gasteiger partial charge is 0.508 e. The molecule has 0 fully saturated rings. The lowest BCUT2D eigenvalue weighted by Gasteiger charge is -2.24. The number of carboxylic acid groups (broad SMARTS) is 1. The van der Waals surface area contributed by atoms with E-state index in [0.29, 0.717) is 24.9 Å². The summed E-state index contributed by atoms with van der Waals surface area (Å²) in [5, 5.41) is 25.5. The molecule has 0 aliphatic carbocycles. The SMILES string of the molecule is NCCCCC(NC(=O)C(N)Cc1ccc(O)cc1)C(=O)NC(CC(N)=O)C(=O)NC(CC(N)=O)C(=O)O. The van der Waals surface area contributed by atoms with Crippen LogP contribution in [-0.4, -0.2) is 76.4 Å². The van der Waals surface area contributed by atoms with Gasteiger partial charge in [0.15, 0.2) is 0 Å². The molecule has 1 rings (SSSR count). The van der Waals surface area contributed by atoms with E-state index in [1.807, 2.05) is 5.32 Å². The van der Waals surface area contributed by atoms with Crippen molar-refractivity contribution in [3.8, 4) is 5.75 Å². The predicted molar refractivity (Wildman–Crippen MR) is 134 cm³/mol. The normalized spacial score (nSPS) is 13.8. The summed E-state index contributed by atoms with van der Waals surface area (Å²) in [5.41, 5.74) is 22.3. The fourth-order valence-electron chi connectivity index (χ4n) is 3.38. The first-order valence-electron chi connectivity index (χ1n) is 11.8. The molecule has 0 aliphatic rings. The number of carbonyl (C=O) groups is 6. The standard InChI is InChI=1S/C23H35N7O8/c24-8-2-1-3-15(28-20(34)14(25)9-12-4-6-13(31)7-5-12)21(35)29-16(10-18(26)32)22(36)30-17(23(37)38)11-19(27)33/h4-7,14-17,31H,1-3,8-11,24-25H2,(H2,26,32)(H2,27,33)(H,28,34)(H,29,35)(H,30,36)(H,37,38). The summed E-state index contributed by atoms with van der Waals surface area (Å²) in [6.07, 6.45) is -0.247. The average molecular weight is 538 g/mol. The minimum atomic E-state index is -1.70. The van der Waals surface area contributed by atoms with E-state index in [1.54, 1.807) is 12.1 Å². The van der Waals surface area contributed by atoms with Crippen LogP contribution < -0.4 is 38.9 Å². The highest BCUT2D eigenvalue weighted by molar-refractivity contribution is 5.96. The van der Waals surface area contributed by atoms with Gasteiger partial charge in [-0.25, -0.2) is 4.79 Å². The molecule has 0 radical (unpaired) electrons. The number of carboxylic acids is 1. The van der Waals surface area contributed by atoms with Crippen molar-refractivity contribution in [1.82, 2.24) is 16.0 Å². The number of primary amides is 2. The van der Waals surface area contributed by atoms with Crippen molar-refractivity contribution in [1.29, 1.82) is 0 Å². The number of carbonyl (C=O) groups excluding carboxylic acids is 5. The Labute approximate surface area is 218 Å². The summed E-state index contributed by atoms with van der Waals surface area (Å²) >= 11 is 0.